The van der Waals surface area contributed by atoms with Crippen molar-refractivity contribution < 1.29 is 4.79 Å². The van der Waals surface area contributed by atoms with Crippen molar-refractivity contribution in [1.82, 2.24) is 9.97 Å². The third kappa shape index (κ3) is 5.02. The summed E-state index contributed by atoms with van der Waals surface area (Å²) in [5, 5.41) is 2.99. The molecular weight excluding hydrogens is 312 g/mol. The summed E-state index contributed by atoms with van der Waals surface area (Å²) in [6.45, 7) is 10.0. The summed E-state index contributed by atoms with van der Waals surface area (Å²) in [6.07, 6.45) is 2.90. The van der Waals surface area contributed by atoms with E-state index >= 15 is 0 Å². The van der Waals surface area contributed by atoms with Crippen LogP contribution < -0.4 is 10.2 Å². The fraction of sp³-hybridized carbons (Fsp3) is 0.450. The molecule has 1 heterocycles. The first-order valence-corrected chi connectivity index (χ1v) is 9.08. The molecular formula is C20H28N4O. The van der Waals surface area contributed by atoms with Crippen LogP contribution in [0.2, 0.25) is 0 Å². The van der Waals surface area contributed by atoms with Crippen molar-refractivity contribution in [3.63, 3.8) is 0 Å². The number of nitrogens with one attached hydrogen (secondary N) is 1. The van der Waals surface area contributed by atoms with Gasteiger partial charge in [-0.15, -0.1) is 0 Å². The molecule has 0 unspecified atom stereocenters. The van der Waals surface area contributed by atoms with Gasteiger partial charge in [-0.1, -0.05) is 39.0 Å². The predicted molar refractivity (Wildman–Crippen MR) is 103 cm³/mol. The first kappa shape index (κ1) is 18.9. The summed E-state index contributed by atoms with van der Waals surface area (Å²) in [5.74, 6) is 0.443. The zero-order valence-electron chi connectivity index (χ0n) is 15.7. The highest BCUT2D eigenvalue weighted by molar-refractivity contribution is 6.03. The molecule has 1 aromatic carbocycles. The lowest BCUT2D eigenvalue weighted by Crippen LogP contribution is -2.28. The molecule has 0 aliphatic heterocycles. The monoisotopic (exact) mass is 340 g/mol. The Morgan fingerprint density at radius 1 is 1.08 bits per heavy atom. The van der Waals surface area contributed by atoms with E-state index in [-0.39, 0.29) is 5.91 Å². The van der Waals surface area contributed by atoms with Gasteiger partial charge in [-0.05, 0) is 43.9 Å². The van der Waals surface area contributed by atoms with E-state index < -0.39 is 0 Å². The van der Waals surface area contributed by atoms with E-state index in [1.165, 1.54) is 0 Å². The van der Waals surface area contributed by atoms with Gasteiger partial charge >= 0.3 is 0 Å². The van der Waals surface area contributed by atoms with Crippen LogP contribution in [0.25, 0.3) is 0 Å². The number of rotatable bonds is 8. The maximum Gasteiger partial charge on any atom is 0.274 e. The van der Waals surface area contributed by atoms with E-state index in [1.54, 1.807) is 6.07 Å². The normalized spacial score (nSPS) is 10.6. The fourth-order valence-corrected chi connectivity index (χ4v) is 2.80. The van der Waals surface area contributed by atoms with Crippen LogP contribution in [0.15, 0.2) is 30.3 Å². The Labute approximate surface area is 150 Å². The van der Waals surface area contributed by atoms with Gasteiger partial charge < -0.3 is 10.2 Å². The minimum Gasteiger partial charge on any atom is -0.341 e. The molecule has 5 heteroatoms. The average molecular weight is 340 g/mol. The molecule has 0 aliphatic rings. The third-order valence-corrected chi connectivity index (χ3v) is 3.99. The molecule has 1 aromatic heterocycles. The number of hydrogen-bond donors (Lipinski definition) is 1. The van der Waals surface area contributed by atoms with Crippen molar-refractivity contribution in [3.8, 4) is 0 Å². The summed E-state index contributed by atoms with van der Waals surface area (Å²) in [6, 6.07) is 9.59. The summed E-state index contributed by atoms with van der Waals surface area (Å²) < 4.78 is 0. The molecule has 2 aromatic rings. The van der Waals surface area contributed by atoms with Crippen molar-refractivity contribution in [2.75, 3.05) is 23.3 Å². The zero-order valence-corrected chi connectivity index (χ0v) is 15.7. The van der Waals surface area contributed by atoms with Crippen LogP contribution in [0.1, 0.15) is 55.4 Å². The Morgan fingerprint density at radius 2 is 1.76 bits per heavy atom. The first-order chi connectivity index (χ1) is 12.1. The molecule has 25 heavy (non-hydrogen) atoms. The van der Waals surface area contributed by atoms with Crippen LogP contribution in [0.4, 0.5) is 11.6 Å². The van der Waals surface area contributed by atoms with Crippen LogP contribution in [0.3, 0.4) is 0 Å². The molecule has 0 radical (unpaired) electrons. The van der Waals surface area contributed by atoms with Crippen molar-refractivity contribution in [2.45, 2.75) is 47.0 Å². The van der Waals surface area contributed by atoms with Gasteiger partial charge in [0, 0.05) is 24.5 Å². The predicted octanol–water partition coefficient (Wildman–Crippen LogP) is 4.23. The second-order valence-corrected chi connectivity index (χ2v) is 6.15. The van der Waals surface area contributed by atoms with Crippen LogP contribution >= 0.6 is 0 Å². The Balaban J connectivity index is 2.27. The summed E-state index contributed by atoms with van der Waals surface area (Å²) >= 11 is 0. The van der Waals surface area contributed by atoms with Crippen LogP contribution in [0, 0.1) is 6.92 Å². The van der Waals surface area contributed by atoms with E-state index in [0.29, 0.717) is 11.6 Å². The van der Waals surface area contributed by atoms with Crippen molar-refractivity contribution in [1.29, 1.82) is 0 Å². The number of aromatic nitrogens is 2. The number of nitrogens with zero attached hydrogens (tertiary/aromatic N) is 3. The van der Waals surface area contributed by atoms with E-state index in [2.05, 4.69) is 41.0 Å². The molecule has 0 saturated carbocycles. The van der Waals surface area contributed by atoms with Gasteiger partial charge in [-0.3, -0.25) is 4.79 Å². The van der Waals surface area contributed by atoms with E-state index in [4.69, 9.17) is 0 Å². The van der Waals surface area contributed by atoms with Gasteiger partial charge in [0.05, 0.1) is 0 Å². The SMILES string of the molecule is CCCN(CCC)c1nc(C)cc(C(=O)Nc2ccccc2CC)n1. The fourth-order valence-electron chi connectivity index (χ4n) is 2.80. The van der Waals surface area contributed by atoms with Gasteiger partial charge in [0.15, 0.2) is 0 Å². The summed E-state index contributed by atoms with van der Waals surface area (Å²) in [7, 11) is 0. The van der Waals surface area contributed by atoms with Crippen molar-refractivity contribution >= 4 is 17.5 Å². The topological polar surface area (TPSA) is 58.1 Å². The summed E-state index contributed by atoms with van der Waals surface area (Å²) in [5.41, 5.74) is 3.16. The maximum absolute atomic E-state index is 12.7. The van der Waals surface area contributed by atoms with Gasteiger partial charge in [-0.2, -0.15) is 0 Å². The highest BCUT2D eigenvalue weighted by Gasteiger charge is 2.15. The van der Waals surface area contributed by atoms with Crippen LogP contribution in [-0.2, 0) is 6.42 Å². The van der Waals surface area contributed by atoms with E-state index in [9.17, 15) is 4.79 Å². The molecule has 134 valence electrons. The van der Waals surface area contributed by atoms with Gasteiger partial charge in [0.25, 0.3) is 5.91 Å². The number of aryl methyl sites for hydroxylation is 2. The molecule has 0 fully saturated rings. The number of anilines is 2. The van der Waals surface area contributed by atoms with Crippen LogP contribution in [-0.4, -0.2) is 29.0 Å². The number of hydrogen-bond acceptors (Lipinski definition) is 4. The Bertz CT molecular complexity index is 709. The Kier molecular flexibility index (Phi) is 6.92. The van der Waals surface area contributed by atoms with Gasteiger partial charge in [-0.25, -0.2) is 9.97 Å². The summed E-state index contributed by atoms with van der Waals surface area (Å²) in [4.78, 5) is 23.9. The zero-order chi connectivity index (χ0) is 18.2. The molecule has 5 nitrogen and oxygen atoms in total. The number of amides is 1. The van der Waals surface area contributed by atoms with Gasteiger partial charge in [0.1, 0.15) is 5.69 Å². The number of carbonyl (C=O) groups is 1. The quantitative estimate of drug-likeness (QED) is 0.781. The maximum atomic E-state index is 12.7. The molecule has 1 N–H and O–H groups in total. The first-order valence-electron chi connectivity index (χ1n) is 9.08. The molecule has 2 rings (SSSR count). The minimum absolute atomic E-state index is 0.194. The Hall–Kier alpha value is -2.43. The molecule has 0 spiro atoms. The molecule has 0 atom stereocenters. The van der Waals surface area contributed by atoms with Crippen LogP contribution in [0.5, 0.6) is 0 Å². The lowest BCUT2D eigenvalue weighted by Gasteiger charge is -2.22. The second-order valence-electron chi connectivity index (χ2n) is 6.15. The largest absolute Gasteiger partial charge is 0.341 e. The second kappa shape index (κ2) is 9.16. The average Bonchev–Trinajstić information content (AvgIpc) is 2.61. The number of para-hydroxylation sites is 1. The lowest BCUT2D eigenvalue weighted by atomic mass is 10.1. The smallest absolute Gasteiger partial charge is 0.274 e. The highest BCUT2D eigenvalue weighted by atomic mass is 16.1. The number of carbonyl (C=O) groups excluding carboxylic acids is 1. The Morgan fingerprint density at radius 3 is 2.40 bits per heavy atom. The van der Waals surface area contributed by atoms with Crippen molar-refractivity contribution in [2.24, 2.45) is 0 Å². The molecule has 0 saturated heterocycles. The van der Waals surface area contributed by atoms with E-state index in [0.717, 1.165) is 49.3 Å². The van der Waals surface area contributed by atoms with Crippen molar-refractivity contribution in [3.05, 3.63) is 47.3 Å². The lowest BCUT2D eigenvalue weighted by molar-refractivity contribution is 0.102. The third-order valence-electron chi connectivity index (χ3n) is 3.99. The standard InChI is InChI=1S/C20H28N4O/c1-5-12-24(13-6-2)20-21-15(4)14-18(23-20)19(25)22-17-11-9-8-10-16(17)7-3/h8-11,14H,5-7,12-13H2,1-4H3,(H,22,25). The van der Waals surface area contributed by atoms with E-state index in [1.807, 2.05) is 31.2 Å². The molecule has 0 bridgehead atoms. The minimum atomic E-state index is -0.194. The molecule has 1 amide bonds. The molecule has 0 aliphatic carbocycles. The van der Waals surface area contributed by atoms with Gasteiger partial charge in [0.2, 0.25) is 5.95 Å². The highest BCUT2D eigenvalue weighted by Crippen LogP contribution is 2.17. The number of benzene rings is 1.